The molecule has 0 bridgehead atoms. The number of nitrogens with zero attached hydrogens (tertiary/aromatic N) is 1. The number of hydrogen-bond donors (Lipinski definition) is 1. The average molecular weight is 348 g/mol. The number of ether oxygens (including phenoxy) is 1. The fourth-order valence-electron chi connectivity index (χ4n) is 2.68. The van der Waals surface area contributed by atoms with Crippen molar-refractivity contribution in [1.82, 2.24) is 10.3 Å². The molecule has 0 aliphatic carbocycles. The van der Waals surface area contributed by atoms with E-state index in [-0.39, 0.29) is 11.7 Å². The Labute approximate surface area is 149 Å². The normalized spacial score (nSPS) is 10.8. The Hall–Kier alpha value is -3.54. The van der Waals surface area contributed by atoms with Gasteiger partial charge in [0, 0.05) is 18.1 Å². The van der Waals surface area contributed by atoms with Crippen molar-refractivity contribution in [3.8, 4) is 17.2 Å². The van der Waals surface area contributed by atoms with Crippen molar-refractivity contribution < 1.29 is 18.4 Å². The maximum atomic E-state index is 12.4. The van der Waals surface area contributed by atoms with Crippen LogP contribution in [0.2, 0.25) is 0 Å². The highest BCUT2D eigenvalue weighted by Gasteiger charge is 2.14. The summed E-state index contributed by atoms with van der Waals surface area (Å²) in [6, 6.07) is 14.6. The molecule has 0 saturated heterocycles. The van der Waals surface area contributed by atoms with Gasteiger partial charge in [0.1, 0.15) is 5.69 Å². The van der Waals surface area contributed by atoms with E-state index < -0.39 is 0 Å². The molecule has 0 aliphatic heterocycles. The standard InChI is InChI=1S/C20H16N2O4/c1-24-17-5-2-4-14-10-18(26-19(14)17)20(23)22-12-13-7-8-15(21-11-13)16-6-3-9-25-16/h2-11H,12H2,1H3,(H,22,23). The van der Waals surface area contributed by atoms with Crippen LogP contribution in [0, 0.1) is 0 Å². The van der Waals surface area contributed by atoms with E-state index >= 15 is 0 Å². The Morgan fingerprint density at radius 2 is 2.12 bits per heavy atom. The van der Waals surface area contributed by atoms with Gasteiger partial charge in [-0.1, -0.05) is 18.2 Å². The lowest BCUT2D eigenvalue weighted by Crippen LogP contribution is -2.22. The number of benzene rings is 1. The topological polar surface area (TPSA) is 77.5 Å². The van der Waals surface area contributed by atoms with Crippen LogP contribution in [0.5, 0.6) is 5.75 Å². The monoisotopic (exact) mass is 348 g/mol. The third kappa shape index (κ3) is 3.04. The van der Waals surface area contributed by atoms with Gasteiger partial charge >= 0.3 is 0 Å². The van der Waals surface area contributed by atoms with Gasteiger partial charge in [-0.3, -0.25) is 9.78 Å². The van der Waals surface area contributed by atoms with Crippen LogP contribution in [0.3, 0.4) is 0 Å². The van der Waals surface area contributed by atoms with Crippen molar-refractivity contribution in [1.29, 1.82) is 0 Å². The molecule has 3 heterocycles. The van der Waals surface area contributed by atoms with Crippen LogP contribution in [-0.4, -0.2) is 18.0 Å². The van der Waals surface area contributed by atoms with Gasteiger partial charge in [-0.15, -0.1) is 0 Å². The number of fused-ring (bicyclic) bond motifs is 1. The highest BCUT2D eigenvalue weighted by molar-refractivity contribution is 5.97. The molecule has 0 atom stereocenters. The summed E-state index contributed by atoms with van der Waals surface area (Å²) in [5, 5.41) is 3.65. The predicted octanol–water partition coefficient (Wildman–Crippen LogP) is 4.03. The first-order valence-electron chi connectivity index (χ1n) is 8.08. The van der Waals surface area contributed by atoms with Gasteiger partial charge in [0.25, 0.3) is 5.91 Å². The number of pyridine rings is 1. The minimum absolute atomic E-state index is 0.240. The number of methoxy groups -OCH3 is 1. The van der Waals surface area contributed by atoms with Crippen molar-refractivity contribution in [3.63, 3.8) is 0 Å². The van der Waals surface area contributed by atoms with Gasteiger partial charge in [-0.05, 0) is 35.9 Å². The fourth-order valence-corrected chi connectivity index (χ4v) is 2.68. The Balaban J connectivity index is 1.45. The number of aromatic nitrogens is 1. The summed E-state index contributed by atoms with van der Waals surface area (Å²) in [6.07, 6.45) is 3.31. The lowest BCUT2D eigenvalue weighted by Gasteiger charge is -2.04. The summed E-state index contributed by atoms with van der Waals surface area (Å²) in [5.41, 5.74) is 2.18. The van der Waals surface area contributed by atoms with Crippen molar-refractivity contribution in [2.45, 2.75) is 6.54 Å². The van der Waals surface area contributed by atoms with E-state index in [4.69, 9.17) is 13.6 Å². The third-order valence-corrected chi connectivity index (χ3v) is 4.00. The molecule has 1 amide bonds. The van der Waals surface area contributed by atoms with Crippen molar-refractivity contribution >= 4 is 16.9 Å². The van der Waals surface area contributed by atoms with Gasteiger partial charge in [0.2, 0.25) is 0 Å². The van der Waals surface area contributed by atoms with Crippen LogP contribution >= 0.6 is 0 Å². The van der Waals surface area contributed by atoms with E-state index in [0.29, 0.717) is 23.6 Å². The second-order valence-electron chi connectivity index (χ2n) is 5.70. The summed E-state index contributed by atoms with van der Waals surface area (Å²) < 4.78 is 16.2. The van der Waals surface area contributed by atoms with Crippen LogP contribution in [0.25, 0.3) is 22.4 Å². The fraction of sp³-hybridized carbons (Fsp3) is 0.100. The molecule has 0 fully saturated rings. The Kier molecular flexibility index (Phi) is 4.15. The van der Waals surface area contributed by atoms with Gasteiger partial charge in [-0.25, -0.2) is 0 Å². The van der Waals surface area contributed by atoms with Crippen LogP contribution < -0.4 is 10.1 Å². The molecule has 1 aromatic carbocycles. The van der Waals surface area contributed by atoms with Crippen LogP contribution in [0.1, 0.15) is 16.1 Å². The van der Waals surface area contributed by atoms with Gasteiger partial charge in [0.05, 0.1) is 13.4 Å². The third-order valence-electron chi connectivity index (χ3n) is 4.00. The molecule has 4 rings (SSSR count). The molecule has 6 nitrogen and oxygen atoms in total. The smallest absolute Gasteiger partial charge is 0.287 e. The number of furan rings is 2. The zero-order valence-electron chi connectivity index (χ0n) is 14.1. The number of nitrogens with one attached hydrogen (secondary N) is 1. The van der Waals surface area contributed by atoms with E-state index in [2.05, 4.69) is 10.3 Å². The molecule has 1 N–H and O–H groups in total. The maximum Gasteiger partial charge on any atom is 0.287 e. The zero-order valence-corrected chi connectivity index (χ0v) is 14.1. The lowest BCUT2D eigenvalue weighted by molar-refractivity contribution is 0.0925. The molecular weight excluding hydrogens is 332 g/mol. The Bertz CT molecular complexity index is 1030. The Morgan fingerprint density at radius 3 is 2.85 bits per heavy atom. The van der Waals surface area contributed by atoms with E-state index in [1.807, 2.05) is 36.4 Å². The second kappa shape index (κ2) is 6.76. The number of carbonyl (C=O) groups is 1. The highest BCUT2D eigenvalue weighted by Crippen LogP contribution is 2.28. The van der Waals surface area contributed by atoms with Crippen molar-refractivity contribution in [3.05, 3.63) is 72.3 Å². The first-order chi connectivity index (χ1) is 12.7. The quantitative estimate of drug-likeness (QED) is 0.589. The molecular formula is C20H16N2O4. The number of rotatable bonds is 5. The molecule has 130 valence electrons. The predicted molar refractivity (Wildman–Crippen MR) is 95.9 cm³/mol. The van der Waals surface area contributed by atoms with E-state index in [9.17, 15) is 4.79 Å². The van der Waals surface area contributed by atoms with Gasteiger partial charge in [-0.2, -0.15) is 0 Å². The minimum atomic E-state index is -0.293. The summed E-state index contributed by atoms with van der Waals surface area (Å²) >= 11 is 0. The summed E-state index contributed by atoms with van der Waals surface area (Å²) in [5.74, 6) is 1.25. The molecule has 0 aliphatic rings. The summed E-state index contributed by atoms with van der Waals surface area (Å²) in [4.78, 5) is 16.7. The SMILES string of the molecule is COc1cccc2cc(C(=O)NCc3ccc(-c4ccco4)nc3)oc12. The molecule has 6 heteroatoms. The van der Waals surface area contributed by atoms with E-state index in [1.54, 1.807) is 31.7 Å². The van der Waals surface area contributed by atoms with E-state index in [0.717, 1.165) is 16.6 Å². The van der Waals surface area contributed by atoms with Crippen LogP contribution in [0.4, 0.5) is 0 Å². The Morgan fingerprint density at radius 1 is 1.19 bits per heavy atom. The summed E-state index contributed by atoms with van der Waals surface area (Å²) in [7, 11) is 1.57. The summed E-state index contributed by atoms with van der Waals surface area (Å²) in [6.45, 7) is 0.346. The first-order valence-corrected chi connectivity index (χ1v) is 8.08. The first kappa shape index (κ1) is 16.0. The van der Waals surface area contributed by atoms with Gasteiger partial charge in [0.15, 0.2) is 22.9 Å². The molecule has 0 saturated carbocycles. The van der Waals surface area contributed by atoms with Crippen LogP contribution in [-0.2, 0) is 6.54 Å². The number of hydrogen-bond acceptors (Lipinski definition) is 5. The number of para-hydroxylation sites is 1. The highest BCUT2D eigenvalue weighted by atomic mass is 16.5. The molecule has 4 aromatic rings. The maximum absolute atomic E-state index is 12.4. The molecule has 0 radical (unpaired) electrons. The number of amides is 1. The molecule has 0 spiro atoms. The second-order valence-corrected chi connectivity index (χ2v) is 5.70. The lowest BCUT2D eigenvalue weighted by atomic mass is 10.2. The van der Waals surface area contributed by atoms with E-state index in [1.165, 1.54) is 0 Å². The van der Waals surface area contributed by atoms with Gasteiger partial charge < -0.3 is 18.9 Å². The largest absolute Gasteiger partial charge is 0.493 e. The molecule has 26 heavy (non-hydrogen) atoms. The average Bonchev–Trinajstić information content (AvgIpc) is 3.35. The van der Waals surface area contributed by atoms with Crippen LogP contribution in [0.15, 0.2) is 69.8 Å². The minimum Gasteiger partial charge on any atom is -0.493 e. The zero-order chi connectivity index (χ0) is 17.9. The van der Waals surface area contributed by atoms with Crippen molar-refractivity contribution in [2.75, 3.05) is 7.11 Å². The molecule has 3 aromatic heterocycles. The molecule has 0 unspecified atom stereocenters. The number of carbonyl (C=O) groups excluding carboxylic acids is 1. The van der Waals surface area contributed by atoms with Crippen molar-refractivity contribution in [2.24, 2.45) is 0 Å².